The lowest BCUT2D eigenvalue weighted by Crippen LogP contribution is -2.43. The Bertz CT molecular complexity index is 384. The number of hydrogen-bond acceptors (Lipinski definition) is 1. The molecule has 1 nitrogen and oxygen atoms in total. The molecule has 19 heavy (non-hydrogen) atoms. The highest BCUT2D eigenvalue weighted by molar-refractivity contribution is 5.15. The second-order valence-electron chi connectivity index (χ2n) is 6.78. The summed E-state index contributed by atoms with van der Waals surface area (Å²) >= 11 is 0. The summed E-state index contributed by atoms with van der Waals surface area (Å²) in [6.07, 6.45) is 5.34. The maximum Gasteiger partial charge on any atom is 0.0679 e. The summed E-state index contributed by atoms with van der Waals surface area (Å²) < 4.78 is 0. The third-order valence-corrected chi connectivity index (χ3v) is 5.14. The first-order chi connectivity index (χ1) is 9.01. The third-order valence-electron chi connectivity index (χ3n) is 5.14. The predicted octanol–water partition coefficient (Wildman–Crippen LogP) is 4.44. The van der Waals surface area contributed by atoms with E-state index in [1.54, 1.807) is 0 Å². The Morgan fingerprint density at radius 2 is 1.89 bits per heavy atom. The molecule has 1 aromatic rings. The standard InChI is InChI=1S/C18H28O/c1-14(2)17-10-9-15(3)18(19,13-17)12-11-16-7-5-4-6-8-16/h4-8,14-15,17,19H,9-13H2,1-3H3/t15-,17-,18-/m1/s1. The highest BCUT2D eigenvalue weighted by atomic mass is 16.3. The molecule has 1 saturated carbocycles. The van der Waals surface area contributed by atoms with Gasteiger partial charge in [-0.1, -0.05) is 51.1 Å². The Hall–Kier alpha value is -0.820. The van der Waals surface area contributed by atoms with Crippen molar-refractivity contribution in [2.24, 2.45) is 17.8 Å². The summed E-state index contributed by atoms with van der Waals surface area (Å²) in [5.41, 5.74) is 0.887. The van der Waals surface area contributed by atoms with E-state index in [9.17, 15) is 5.11 Å². The lowest BCUT2D eigenvalue weighted by molar-refractivity contribution is -0.0720. The normalized spacial score (nSPS) is 31.6. The van der Waals surface area contributed by atoms with E-state index >= 15 is 0 Å². The highest BCUT2D eigenvalue weighted by Crippen LogP contribution is 2.42. The maximum atomic E-state index is 11.0. The minimum absolute atomic E-state index is 0.436. The zero-order valence-electron chi connectivity index (χ0n) is 12.6. The average Bonchev–Trinajstić information content (AvgIpc) is 2.41. The Morgan fingerprint density at radius 3 is 2.53 bits per heavy atom. The van der Waals surface area contributed by atoms with Crippen LogP contribution in [0.15, 0.2) is 30.3 Å². The summed E-state index contributed by atoms with van der Waals surface area (Å²) in [6, 6.07) is 10.5. The molecular weight excluding hydrogens is 232 g/mol. The molecule has 0 amide bonds. The van der Waals surface area contributed by atoms with Crippen molar-refractivity contribution in [3.8, 4) is 0 Å². The zero-order valence-corrected chi connectivity index (χ0v) is 12.6. The Labute approximate surface area is 118 Å². The molecule has 0 unspecified atom stereocenters. The summed E-state index contributed by atoms with van der Waals surface area (Å²) in [5.74, 6) is 1.82. The van der Waals surface area contributed by atoms with Crippen LogP contribution in [0.4, 0.5) is 0 Å². The van der Waals surface area contributed by atoms with Gasteiger partial charge in [-0.3, -0.25) is 0 Å². The van der Waals surface area contributed by atoms with Crippen molar-refractivity contribution in [3.63, 3.8) is 0 Å². The van der Waals surface area contributed by atoms with Crippen molar-refractivity contribution >= 4 is 0 Å². The third kappa shape index (κ3) is 3.60. The summed E-state index contributed by atoms with van der Waals surface area (Å²) in [6.45, 7) is 6.80. The van der Waals surface area contributed by atoms with Crippen molar-refractivity contribution < 1.29 is 5.11 Å². The minimum Gasteiger partial charge on any atom is -0.390 e. The molecule has 0 saturated heterocycles. The second kappa shape index (κ2) is 6.09. The number of benzene rings is 1. The lowest BCUT2D eigenvalue weighted by atomic mass is 9.66. The van der Waals surface area contributed by atoms with Crippen LogP contribution in [0.3, 0.4) is 0 Å². The SMILES string of the molecule is CC(C)[C@@H]1CC[C@@H](C)[C@@](O)(CCc2ccccc2)C1. The lowest BCUT2D eigenvalue weighted by Gasteiger charge is -2.43. The Kier molecular flexibility index (Phi) is 4.67. The molecule has 0 bridgehead atoms. The van der Waals surface area contributed by atoms with E-state index in [4.69, 9.17) is 0 Å². The molecule has 1 N–H and O–H groups in total. The van der Waals surface area contributed by atoms with Crippen molar-refractivity contribution in [2.75, 3.05) is 0 Å². The second-order valence-corrected chi connectivity index (χ2v) is 6.78. The van der Waals surface area contributed by atoms with Crippen LogP contribution in [0.5, 0.6) is 0 Å². The molecule has 3 atom stereocenters. The van der Waals surface area contributed by atoms with E-state index in [2.05, 4.69) is 51.1 Å². The van der Waals surface area contributed by atoms with E-state index < -0.39 is 5.60 Å². The van der Waals surface area contributed by atoms with Gasteiger partial charge in [-0.05, 0) is 55.4 Å². The van der Waals surface area contributed by atoms with Gasteiger partial charge in [0.1, 0.15) is 0 Å². The molecule has 2 rings (SSSR count). The molecule has 1 aliphatic rings. The van der Waals surface area contributed by atoms with Gasteiger partial charge < -0.3 is 5.11 Å². The molecule has 0 aromatic heterocycles. The Morgan fingerprint density at radius 1 is 1.21 bits per heavy atom. The molecule has 1 aliphatic carbocycles. The van der Waals surface area contributed by atoms with E-state index in [-0.39, 0.29) is 0 Å². The molecule has 0 spiro atoms. The van der Waals surface area contributed by atoms with Crippen LogP contribution in [0.2, 0.25) is 0 Å². The molecule has 1 aromatic carbocycles. The van der Waals surface area contributed by atoms with E-state index in [1.807, 2.05) is 0 Å². The summed E-state index contributed by atoms with van der Waals surface area (Å²) in [7, 11) is 0. The van der Waals surface area contributed by atoms with Crippen molar-refractivity contribution in [1.82, 2.24) is 0 Å². The monoisotopic (exact) mass is 260 g/mol. The first-order valence-electron chi connectivity index (χ1n) is 7.77. The van der Waals surface area contributed by atoms with Crippen molar-refractivity contribution in [1.29, 1.82) is 0 Å². The summed E-state index contributed by atoms with van der Waals surface area (Å²) in [4.78, 5) is 0. The number of aryl methyl sites for hydroxylation is 1. The van der Waals surface area contributed by atoms with Gasteiger partial charge in [-0.25, -0.2) is 0 Å². The van der Waals surface area contributed by atoms with E-state index in [1.165, 1.54) is 18.4 Å². The van der Waals surface area contributed by atoms with Crippen LogP contribution in [-0.2, 0) is 6.42 Å². The van der Waals surface area contributed by atoms with Gasteiger partial charge >= 0.3 is 0 Å². The first-order valence-corrected chi connectivity index (χ1v) is 7.77. The predicted molar refractivity (Wildman–Crippen MR) is 81.1 cm³/mol. The fourth-order valence-corrected chi connectivity index (χ4v) is 3.41. The average molecular weight is 260 g/mol. The van der Waals surface area contributed by atoms with Gasteiger partial charge in [-0.15, -0.1) is 0 Å². The smallest absolute Gasteiger partial charge is 0.0679 e. The van der Waals surface area contributed by atoms with E-state index in [0.29, 0.717) is 17.8 Å². The number of rotatable bonds is 4. The fourth-order valence-electron chi connectivity index (χ4n) is 3.41. The zero-order chi connectivity index (χ0) is 13.9. The molecule has 0 aliphatic heterocycles. The van der Waals surface area contributed by atoms with Gasteiger partial charge in [-0.2, -0.15) is 0 Å². The highest BCUT2D eigenvalue weighted by Gasteiger charge is 2.40. The molecular formula is C18H28O. The quantitative estimate of drug-likeness (QED) is 0.848. The van der Waals surface area contributed by atoms with E-state index in [0.717, 1.165) is 19.3 Å². The largest absolute Gasteiger partial charge is 0.390 e. The Balaban J connectivity index is 1.99. The van der Waals surface area contributed by atoms with Gasteiger partial charge in [0.25, 0.3) is 0 Å². The topological polar surface area (TPSA) is 20.2 Å². The first kappa shape index (κ1) is 14.6. The molecule has 106 valence electrons. The van der Waals surface area contributed by atoms with Crippen LogP contribution in [-0.4, -0.2) is 10.7 Å². The van der Waals surface area contributed by atoms with Crippen LogP contribution >= 0.6 is 0 Å². The van der Waals surface area contributed by atoms with Crippen LogP contribution in [0.25, 0.3) is 0 Å². The van der Waals surface area contributed by atoms with Gasteiger partial charge in [0.2, 0.25) is 0 Å². The van der Waals surface area contributed by atoms with Crippen molar-refractivity contribution in [3.05, 3.63) is 35.9 Å². The van der Waals surface area contributed by atoms with Crippen LogP contribution in [0.1, 0.15) is 52.0 Å². The van der Waals surface area contributed by atoms with Crippen LogP contribution in [0, 0.1) is 17.8 Å². The number of hydrogen-bond donors (Lipinski definition) is 1. The van der Waals surface area contributed by atoms with Gasteiger partial charge in [0, 0.05) is 0 Å². The van der Waals surface area contributed by atoms with Crippen molar-refractivity contribution in [2.45, 2.75) is 58.5 Å². The van der Waals surface area contributed by atoms with Gasteiger partial charge in [0.05, 0.1) is 5.60 Å². The molecule has 1 fully saturated rings. The maximum absolute atomic E-state index is 11.0. The molecule has 1 heteroatoms. The summed E-state index contributed by atoms with van der Waals surface area (Å²) in [5, 5.41) is 11.0. The molecule has 0 heterocycles. The fraction of sp³-hybridized carbons (Fsp3) is 0.667. The van der Waals surface area contributed by atoms with Crippen LogP contribution < -0.4 is 0 Å². The minimum atomic E-state index is -0.455. The van der Waals surface area contributed by atoms with Gasteiger partial charge in [0.15, 0.2) is 0 Å². The molecule has 0 radical (unpaired) electrons. The number of aliphatic hydroxyl groups is 1.